The standard InChI is InChI=1S/C14H15NO2/c16-14-15-9-12(10-17-14)13(15)8-4-7-11-5-2-1-3-6-11/h1-3,5-6,8,12H,4,7,9-10H2. The quantitative estimate of drug-likeness (QED) is 0.797. The zero-order valence-corrected chi connectivity index (χ0v) is 9.63. The fourth-order valence-electron chi connectivity index (χ4n) is 2.40. The summed E-state index contributed by atoms with van der Waals surface area (Å²) in [4.78, 5) is 13.1. The maximum atomic E-state index is 11.3. The van der Waals surface area contributed by atoms with E-state index in [1.807, 2.05) is 6.07 Å². The molecule has 0 N–H and O–H groups in total. The molecule has 3 fully saturated rings. The molecule has 1 aromatic carbocycles. The molecule has 17 heavy (non-hydrogen) atoms. The summed E-state index contributed by atoms with van der Waals surface area (Å²) in [5, 5.41) is 0. The van der Waals surface area contributed by atoms with E-state index in [0.717, 1.165) is 25.1 Å². The first kappa shape index (κ1) is 10.4. The van der Waals surface area contributed by atoms with Crippen molar-refractivity contribution in [1.82, 2.24) is 4.90 Å². The minimum absolute atomic E-state index is 0.182. The van der Waals surface area contributed by atoms with Crippen LogP contribution >= 0.6 is 0 Å². The summed E-state index contributed by atoms with van der Waals surface area (Å²) in [6.45, 7) is 1.41. The number of hydrogen-bond acceptors (Lipinski definition) is 2. The second-order valence-electron chi connectivity index (χ2n) is 4.54. The van der Waals surface area contributed by atoms with Crippen LogP contribution in [0.1, 0.15) is 12.0 Å². The van der Waals surface area contributed by atoms with Crippen molar-refractivity contribution >= 4 is 6.09 Å². The Bertz CT molecular complexity index is 451. The average molecular weight is 229 g/mol. The molecule has 2 bridgehead atoms. The Balaban J connectivity index is 1.59. The van der Waals surface area contributed by atoms with Gasteiger partial charge < -0.3 is 4.74 Å². The van der Waals surface area contributed by atoms with Gasteiger partial charge in [-0.1, -0.05) is 36.4 Å². The Morgan fingerprint density at radius 1 is 1.35 bits per heavy atom. The van der Waals surface area contributed by atoms with Crippen LogP contribution in [0.4, 0.5) is 4.79 Å². The van der Waals surface area contributed by atoms with Gasteiger partial charge in [-0.05, 0) is 18.4 Å². The number of nitrogens with zero attached hydrogens (tertiary/aromatic N) is 1. The van der Waals surface area contributed by atoms with E-state index in [2.05, 4.69) is 30.3 Å². The van der Waals surface area contributed by atoms with Crippen molar-refractivity contribution in [1.29, 1.82) is 0 Å². The minimum atomic E-state index is -0.182. The van der Waals surface area contributed by atoms with Crippen LogP contribution < -0.4 is 0 Å². The zero-order valence-electron chi connectivity index (χ0n) is 9.63. The molecule has 0 aromatic heterocycles. The molecular formula is C14H15NO2. The summed E-state index contributed by atoms with van der Waals surface area (Å²) in [6, 6.07) is 10.4. The van der Waals surface area contributed by atoms with Gasteiger partial charge >= 0.3 is 6.09 Å². The lowest BCUT2D eigenvalue weighted by Gasteiger charge is -2.45. The number of amides is 1. The number of rotatable bonds is 3. The highest BCUT2D eigenvalue weighted by atomic mass is 16.6. The average Bonchev–Trinajstić information content (AvgIpc) is 2.35. The van der Waals surface area contributed by atoms with Crippen molar-refractivity contribution in [3.63, 3.8) is 0 Å². The van der Waals surface area contributed by atoms with Crippen LogP contribution in [0.3, 0.4) is 0 Å². The van der Waals surface area contributed by atoms with Crippen molar-refractivity contribution in [2.75, 3.05) is 13.2 Å². The van der Waals surface area contributed by atoms with Crippen LogP contribution in [0, 0.1) is 5.92 Å². The highest BCUT2D eigenvalue weighted by Gasteiger charge is 2.42. The second kappa shape index (κ2) is 4.24. The van der Waals surface area contributed by atoms with Crippen LogP contribution in [0.25, 0.3) is 0 Å². The third-order valence-electron chi connectivity index (χ3n) is 3.39. The molecule has 0 saturated carbocycles. The van der Waals surface area contributed by atoms with E-state index >= 15 is 0 Å². The van der Waals surface area contributed by atoms with Crippen molar-refractivity contribution in [3.05, 3.63) is 47.7 Å². The van der Waals surface area contributed by atoms with Crippen molar-refractivity contribution in [3.8, 4) is 0 Å². The van der Waals surface area contributed by atoms with Gasteiger partial charge in [-0.25, -0.2) is 4.79 Å². The molecule has 88 valence electrons. The first-order chi connectivity index (χ1) is 8.34. The van der Waals surface area contributed by atoms with Gasteiger partial charge in [0.05, 0.1) is 5.92 Å². The molecule has 0 aliphatic carbocycles. The molecule has 3 saturated heterocycles. The van der Waals surface area contributed by atoms with Gasteiger partial charge in [0.2, 0.25) is 0 Å². The maximum Gasteiger partial charge on any atom is 0.414 e. The van der Waals surface area contributed by atoms with Crippen molar-refractivity contribution in [2.45, 2.75) is 12.8 Å². The third kappa shape index (κ3) is 1.93. The first-order valence-electron chi connectivity index (χ1n) is 6.03. The molecule has 3 nitrogen and oxygen atoms in total. The Hall–Kier alpha value is -1.77. The molecule has 1 atom stereocenters. The summed E-state index contributed by atoms with van der Waals surface area (Å²) < 4.78 is 4.98. The smallest absolute Gasteiger partial charge is 0.414 e. The van der Waals surface area contributed by atoms with Crippen LogP contribution in [0.2, 0.25) is 0 Å². The number of benzene rings is 1. The Labute approximate surface area is 101 Å². The lowest BCUT2D eigenvalue weighted by Crippen LogP contribution is -2.55. The maximum absolute atomic E-state index is 11.3. The van der Waals surface area contributed by atoms with E-state index in [4.69, 9.17) is 4.74 Å². The van der Waals surface area contributed by atoms with Gasteiger partial charge in [-0.2, -0.15) is 0 Å². The van der Waals surface area contributed by atoms with Gasteiger partial charge in [-0.15, -0.1) is 0 Å². The van der Waals surface area contributed by atoms with E-state index in [0.29, 0.717) is 12.5 Å². The molecule has 0 spiro atoms. The number of carbonyl (C=O) groups excluding carboxylic acids is 1. The molecule has 1 amide bonds. The number of carbonyl (C=O) groups is 1. The van der Waals surface area contributed by atoms with E-state index in [1.165, 1.54) is 5.56 Å². The third-order valence-corrected chi connectivity index (χ3v) is 3.39. The van der Waals surface area contributed by atoms with Crippen LogP contribution in [-0.4, -0.2) is 24.1 Å². The van der Waals surface area contributed by atoms with Gasteiger partial charge in [0.25, 0.3) is 0 Å². The van der Waals surface area contributed by atoms with Gasteiger partial charge in [0.15, 0.2) is 0 Å². The SMILES string of the molecule is O=C1OCC2CN1C2=CCCc1ccccc1. The lowest BCUT2D eigenvalue weighted by atomic mass is 9.93. The Kier molecular flexibility index (Phi) is 2.59. The van der Waals surface area contributed by atoms with Gasteiger partial charge in [0, 0.05) is 12.2 Å². The van der Waals surface area contributed by atoms with E-state index < -0.39 is 0 Å². The van der Waals surface area contributed by atoms with E-state index in [-0.39, 0.29) is 6.09 Å². The lowest BCUT2D eigenvalue weighted by molar-refractivity contribution is 0.0110. The summed E-state index contributed by atoms with van der Waals surface area (Å²) in [5.41, 5.74) is 2.50. The van der Waals surface area contributed by atoms with Crippen molar-refractivity contribution < 1.29 is 9.53 Å². The number of hydrogen-bond donors (Lipinski definition) is 0. The molecule has 0 radical (unpaired) electrons. The summed E-state index contributed by atoms with van der Waals surface area (Å²) in [5.74, 6) is 0.448. The van der Waals surface area contributed by atoms with Gasteiger partial charge in [0.1, 0.15) is 6.61 Å². The molecule has 3 aliphatic heterocycles. The monoisotopic (exact) mass is 229 g/mol. The topological polar surface area (TPSA) is 29.5 Å². The van der Waals surface area contributed by atoms with Crippen LogP contribution in [0.15, 0.2) is 42.1 Å². The zero-order chi connectivity index (χ0) is 11.7. The second-order valence-corrected chi connectivity index (χ2v) is 4.54. The fraction of sp³-hybridized carbons (Fsp3) is 0.357. The molecular weight excluding hydrogens is 214 g/mol. The van der Waals surface area contributed by atoms with Gasteiger partial charge in [-0.3, -0.25) is 4.90 Å². The summed E-state index contributed by atoms with van der Waals surface area (Å²) in [6.07, 6.45) is 4.01. The van der Waals surface area contributed by atoms with Crippen LogP contribution in [0.5, 0.6) is 0 Å². The molecule has 3 heteroatoms. The summed E-state index contributed by atoms with van der Waals surface area (Å²) in [7, 11) is 0. The molecule has 1 unspecified atom stereocenters. The van der Waals surface area contributed by atoms with Crippen molar-refractivity contribution in [2.24, 2.45) is 5.92 Å². The Morgan fingerprint density at radius 2 is 2.18 bits per heavy atom. The molecule has 1 aromatic rings. The summed E-state index contributed by atoms with van der Waals surface area (Å²) >= 11 is 0. The number of allylic oxidation sites excluding steroid dienone is 1. The molecule has 3 heterocycles. The van der Waals surface area contributed by atoms with E-state index in [1.54, 1.807) is 4.90 Å². The predicted molar refractivity (Wildman–Crippen MR) is 64.4 cm³/mol. The minimum Gasteiger partial charge on any atom is -0.448 e. The van der Waals surface area contributed by atoms with Crippen LogP contribution in [-0.2, 0) is 11.2 Å². The number of ether oxygens (including phenoxy) is 1. The first-order valence-corrected chi connectivity index (χ1v) is 6.03. The molecule has 3 aliphatic rings. The normalized spacial score (nSPS) is 24.5. The van der Waals surface area contributed by atoms with E-state index in [9.17, 15) is 4.79 Å². The Morgan fingerprint density at radius 3 is 2.88 bits per heavy atom. The largest absolute Gasteiger partial charge is 0.448 e. The predicted octanol–water partition coefficient (Wildman–Crippen LogP) is 2.59. The highest BCUT2D eigenvalue weighted by molar-refractivity contribution is 5.73. The highest BCUT2D eigenvalue weighted by Crippen LogP contribution is 2.34. The molecule has 4 rings (SSSR count). The number of aryl methyl sites for hydroxylation is 1. The fourth-order valence-corrected chi connectivity index (χ4v) is 2.40. The number of fused-ring (bicyclic) bond motifs is 2.